The second-order valence-electron chi connectivity index (χ2n) is 3.86. The Kier molecular flexibility index (Phi) is 3.82. The van der Waals surface area contributed by atoms with Gasteiger partial charge in [-0.2, -0.15) is 0 Å². The smallest absolute Gasteiger partial charge is 0.123 e. The molecule has 1 N–H and O–H groups in total. The van der Waals surface area contributed by atoms with Gasteiger partial charge in [-0.05, 0) is 48.7 Å². The molecule has 1 aromatic carbocycles. The third-order valence-electron chi connectivity index (χ3n) is 2.74. The summed E-state index contributed by atoms with van der Waals surface area (Å²) in [6, 6.07) is 6.73. The van der Waals surface area contributed by atoms with Crippen molar-refractivity contribution in [1.82, 2.24) is 5.32 Å². The van der Waals surface area contributed by atoms with Gasteiger partial charge in [-0.15, -0.1) is 11.3 Å². The Morgan fingerprint density at radius 2 is 2.12 bits per heavy atom. The lowest BCUT2D eigenvalue weighted by Crippen LogP contribution is -2.18. The van der Waals surface area contributed by atoms with Crippen LogP contribution in [0.15, 0.2) is 29.6 Å². The van der Waals surface area contributed by atoms with E-state index < -0.39 is 0 Å². The average molecular weight is 270 g/mol. The van der Waals surface area contributed by atoms with Crippen LogP contribution in [0.3, 0.4) is 0 Å². The van der Waals surface area contributed by atoms with Crippen LogP contribution >= 0.6 is 22.9 Å². The predicted octanol–water partition coefficient (Wildman–Crippen LogP) is 4.16. The number of rotatable bonds is 3. The van der Waals surface area contributed by atoms with Crippen molar-refractivity contribution < 1.29 is 4.39 Å². The molecule has 0 amide bonds. The first-order chi connectivity index (χ1) is 8.13. The number of halogens is 2. The van der Waals surface area contributed by atoms with Crippen LogP contribution in [-0.2, 0) is 0 Å². The van der Waals surface area contributed by atoms with Crippen LogP contribution in [-0.4, -0.2) is 7.05 Å². The minimum Gasteiger partial charge on any atom is -0.309 e. The molecule has 2 aromatic rings. The SMILES string of the molecule is CNC(c1ccc(F)cc1C)c1sccc1Cl. The maximum atomic E-state index is 13.1. The van der Waals surface area contributed by atoms with Crippen molar-refractivity contribution in [3.8, 4) is 0 Å². The predicted molar refractivity (Wildman–Crippen MR) is 71.4 cm³/mol. The molecule has 1 unspecified atom stereocenters. The van der Waals surface area contributed by atoms with E-state index in [4.69, 9.17) is 11.6 Å². The zero-order valence-corrected chi connectivity index (χ0v) is 11.2. The molecular weight excluding hydrogens is 257 g/mol. The van der Waals surface area contributed by atoms with E-state index in [2.05, 4.69) is 5.32 Å². The molecule has 0 spiro atoms. The van der Waals surface area contributed by atoms with Crippen LogP contribution in [0.2, 0.25) is 5.02 Å². The maximum Gasteiger partial charge on any atom is 0.123 e. The van der Waals surface area contributed by atoms with E-state index in [0.29, 0.717) is 0 Å². The van der Waals surface area contributed by atoms with Gasteiger partial charge in [-0.3, -0.25) is 0 Å². The normalized spacial score (nSPS) is 12.7. The maximum absolute atomic E-state index is 13.1. The van der Waals surface area contributed by atoms with Crippen LogP contribution in [0.4, 0.5) is 4.39 Å². The molecule has 2 rings (SSSR count). The summed E-state index contributed by atoms with van der Waals surface area (Å²) in [7, 11) is 1.88. The molecule has 0 saturated heterocycles. The average Bonchev–Trinajstić information content (AvgIpc) is 2.69. The molecule has 90 valence electrons. The fourth-order valence-corrected chi connectivity index (χ4v) is 3.19. The minimum atomic E-state index is -0.210. The van der Waals surface area contributed by atoms with E-state index >= 15 is 0 Å². The molecule has 1 atom stereocenters. The van der Waals surface area contributed by atoms with Gasteiger partial charge in [0.2, 0.25) is 0 Å². The molecule has 0 fully saturated rings. The molecule has 0 aliphatic heterocycles. The standard InChI is InChI=1S/C13H13ClFNS/c1-8-7-9(15)3-4-10(8)12(16-2)13-11(14)5-6-17-13/h3-7,12,16H,1-2H3. The fraction of sp³-hybridized carbons (Fsp3) is 0.231. The summed E-state index contributed by atoms with van der Waals surface area (Å²) in [4.78, 5) is 1.06. The lowest BCUT2D eigenvalue weighted by molar-refractivity contribution is 0.622. The Morgan fingerprint density at radius 1 is 1.35 bits per heavy atom. The van der Waals surface area contributed by atoms with Crippen molar-refractivity contribution in [3.05, 3.63) is 56.5 Å². The van der Waals surface area contributed by atoms with Crippen LogP contribution in [0.1, 0.15) is 22.0 Å². The van der Waals surface area contributed by atoms with Crippen molar-refractivity contribution in [2.24, 2.45) is 0 Å². The molecular formula is C13H13ClFNS. The van der Waals surface area contributed by atoms with Gasteiger partial charge in [0.15, 0.2) is 0 Å². The molecule has 1 heterocycles. The number of thiophene rings is 1. The van der Waals surface area contributed by atoms with Crippen LogP contribution in [0.25, 0.3) is 0 Å². The lowest BCUT2D eigenvalue weighted by Gasteiger charge is -2.18. The van der Waals surface area contributed by atoms with Crippen LogP contribution < -0.4 is 5.32 Å². The molecule has 0 radical (unpaired) electrons. The molecule has 0 saturated carbocycles. The first-order valence-electron chi connectivity index (χ1n) is 5.29. The highest BCUT2D eigenvalue weighted by molar-refractivity contribution is 7.10. The van der Waals surface area contributed by atoms with Gasteiger partial charge >= 0.3 is 0 Å². The Morgan fingerprint density at radius 3 is 2.65 bits per heavy atom. The summed E-state index contributed by atoms with van der Waals surface area (Å²) in [5, 5.41) is 5.93. The Bertz CT molecular complexity index is 524. The number of nitrogens with one attached hydrogen (secondary N) is 1. The molecule has 1 aromatic heterocycles. The van der Waals surface area contributed by atoms with Gasteiger partial charge in [0, 0.05) is 4.88 Å². The highest BCUT2D eigenvalue weighted by Gasteiger charge is 2.18. The number of hydrogen-bond donors (Lipinski definition) is 1. The number of aryl methyl sites for hydroxylation is 1. The van der Waals surface area contributed by atoms with E-state index in [1.54, 1.807) is 17.4 Å². The second kappa shape index (κ2) is 5.17. The monoisotopic (exact) mass is 269 g/mol. The van der Waals surface area contributed by atoms with Gasteiger partial charge < -0.3 is 5.32 Å². The summed E-state index contributed by atoms with van der Waals surface area (Å²) in [6.07, 6.45) is 0. The van der Waals surface area contributed by atoms with Crippen molar-refractivity contribution in [3.63, 3.8) is 0 Å². The van der Waals surface area contributed by atoms with E-state index in [-0.39, 0.29) is 11.9 Å². The van der Waals surface area contributed by atoms with Crippen molar-refractivity contribution >= 4 is 22.9 Å². The lowest BCUT2D eigenvalue weighted by atomic mass is 10.00. The molecule has 0 aliphatic carbocycles. The van der Waals surface area contributed by atoms with Crippen LogP contribution in [0.5, 0.6) is 0 Å². The largest absolute Gasteiger partial charge is 0.309 e. The molecule has 4 heteroatoms. The first kappa shape index (κ1) is 12.6. The topological polar surface area (TPSA) is 12.0 Å². The highest BCUT2D eigenvalue weighted by Crippen LogP contribution is 2.34. The number of benzene rings is 1. The van der Waals surface area contributed by atoms with E-state index in [0.717, 1.165) is 21.0 Å². The number of hydrogen-bond acceptors (Lipinski definition) is 2. The zero-order valence-electron chi connectivity index (χ0n) is 9.63. The van der Waals surface area contributed by atoms with Gasteiger partial charge in [-0.25, -0.2) is 4.39 Å². The second-order valence-corrected chi connectivity index (χ2v) is 5.21. The third-order valence-corrected chi connectivity index (χ3v) is 4.16. The molecule has 0 aliphatic rings. The van der Waals surface area contributed by atoms with Gasteiger partial charge in [0.25, 0.3) is 0 Å². The fourth-order valence-electron chi connectivity index (χ4n) is 1.90. The summed E-state index contributed by atoms with van der Waals surface area (Å²) >= 11 is 7.74. The van der Waals surface area contributed by atoms with Crippen molar-refractivity contribution in [1.29, 1.82) is 0 Å². The molecule has 0 bridgehead atoms. The Balaban J connectivity index is 2.46. The Labute approximate surface area is 109 Å². The van der Waals surface area contributed by atoms with Crippen molar-refractivity contribution in [2.45, 2.75) is 13.0 Å². The summed E-state index contributed by atoms with van der Waals surface area (Å²) in [5.41, 5.74) is 1.98. The quantitative estimate of drug-likeness (QED) is 0.882. The van der Waals surface area contributed by atoms with Gasteiger partial charge in [-0.1, -0.05) is 17.7 Å². The van der Waals surface area contributed by atoms with Crippen molar-refractivity contribution in [2.75, 3.05) is 7.05 Å². The highest BCUT2D eigenvalue weighted by atomic mass is 35.5. The first-order valence-corrected chi connectivity index (χ1v) is 6.55. The molecule has 17 heavy (non-hydrogen) atoms. The van der Waals surface area contributed by atoms with E-state index in [1.807, 2.05) is 31.5 Å². The summed E-state index contributed by atoms with van der Waals surface area (Å²) < 4.78 is 13.1. The van der Waals surface area contributed by atoms with Gasteiger partial charge in [0.1, 0.15) is 5.82 Å². The summed E-state index contributed by atoms with van der Waals surface area (Å²) in [5.74, 6) is -0.210. The minimum absolute atomic E-state index is 0.0168. The molecule has 1 nitrogen and oxygen atoms in total. The van der Waals surface area contributed by atoms with E-state index in [9.17, 15) is 4.39 Å². The van der Waals surface area contributed by atoms with Gasteiger partial charge in [0.05, 0.1) is 11.1 Å². The third kappa shape index (κ3) is 2.51. The Hall–Kier alpha value is -0.900. The zero-order chi connectivity index (χ0) is 12.4. The summed E-state index contributed by atoms with van der Waals surface area (Å²) in [6.45, 7) is 1.91. The van der Waals surface area contributed by atoms with E-state index in [1.165, 1.54) is 6.07 Å². The van der Waals surface area contributed by atoms with Crippen LogP contribution in [0, 0.1) is 12.7 Å².